The van der Waals surface area contributed by atoms with Gasteiger partial charge >= 0.3 is 11.9 Å². The normalized spacial score (nSPS) is 10.8. The number of carbonyl (C=O) groups is 2. The number of unbranched alkanes of at least 4 members (excludes halogenated alkanes) is 18. The predicted molar refractivity (Wildman–Crippen MR) is 171 cm³/mol. The van der Waals surface area contributed by atoms with Crippen molar-refractivity contribution >= 4 is 11.9 Å². The first-order chi connectivity index (χ1) is 20.2. The monoisotopic (exact) mass is 594 g/mol. The molecule has 244 valence electrons. The molecule has 0 atom stereocenters. The van der Waals surface area contributed by atoms with Crippen LogP contribution >= 0.6 is 0 Å². The van der Waals surface area contributed by atoms with Crippen LogP contribution in [0.25, 0.3) is 0 Å². The lowest BCUT2D eigenvalue weighted by molar-refractivity contribution is -0.147. The summed E-state index contributed by atoms with van der Waals surface area (Å²) in [5.41, 5.74) is 0.0230. The Morgan fingerprint density at radius 2 is 0.905 bits per heavy atom. The van der Waals surface area contributed by atoms with E-state index >= 15 is 0 Å². The Kier molecular flexibility index (Phi) is 25.8. The molecule has 0 aromatic heterocycles. The zero-order chi connectivity index (χ0) is 31.4. The molecule has 1 aromatic carbocycles. The number of ether oxygens (including phenoxy) is 2. The third-order valence-corrected chi connectivity index (χ3v) is 7.25. The molecule has 0 saturated carbocycles. The number of phenolic OH excluding ortho intramolecular Hbond substituents is 3. The van der Waals surface area contributed by atoms with E-state index in [1.807, 2.05) is 13.8 Å². The second-order valence-corrected chi connectivity index (χ2v) is 11.7. The van der Waals surface area contributed by atoms with Gasteiger partial charge in [0.15, 0.2) is 17.2 Å². The summed E-state index contributed by atoms with van der Waals surface area (Å²) in [5.74, 6) is -2.39. The standard InChI is InChI=1S/C19H30O5.C16H32O2/c1-2-3-4-5-6-7-8-9-10-11-12-24-19(23)15-13-16(20)18(22)17(21)14-15;1-4-5-6-7-8-9-10-11-12-13-14-18-16(17)15(2)3/h13-14,20-22H,2-12H2,1H3;15H,4-14H2,1-3H3. The molecule has 1 aromatic rings. The quantitative estimate of drug-likeness (QED) is 0.0620. The molecule has 0 amide bonds. The van der Waals surface area contributed by atoms with Crippen molar-refractivity contribution in [2.45, 2.75) is 156 Å². The zero-order valence-corrected chi connectivity index (χ0v) is 27.3. The van der Waals surface area contributed by atoms with Crippen LogP contribution in [0.2, 0.25) is 0 Å². The van der Waals surface area contributed by atoms with Gasteiger partial charge in [-0.15, -0.1) is 0 Å². The van der Waals surface area contributed by atoms with Crippen molar-refractivity contribution in [3.8, 4) is 17.2 Å². The topological polar surface area (TPSA) is 113 Å². The average molecular weight is 595 g/mol. The van der Waals surface area contributed by atoms with Crippen LogP contribution in [0.1, 0.15) is 166 Å². The smallest absolute Gasteiger partial charge is 0.338 e. The molecule has 7 heteroatoms. The van der Waals surface area contributed by atoms with Crippen LogP contribution in [0, 0.1) is 5.92 Å². The Hall–Kier alpha value is -2.44. The summed E-state index contributed by atoms with van der Waals surface area (Å²) >= 11 is 0. The lowest BCUT2D eigenvalue weighted by atomic mass is 10.1. The number of aromatic hydroxyl groups is 3. The summed E-state index contributed by atoms with van der Waals surface area (Å²) in [5, 5.41) is 28.0. The van der Waals surface area contributed by atoms with Crippen molar-refractivity contribution < 1.29 is 34.4 Å². The molecule has 1 rings (SSSR count). The van der Waals surface area contributed by atoms with E-state index in [0.717, 1.165) is 37.8 Å². The molecule has 0 spiro atoms. The SMILES string of the molecule is CCCCCCCCCCCCOC(=O)C(C)C.CCCCCCCCCCCCOC(=O)c1cc(O)c(O)c(O)c1. The summed E-state index contributed by atoms with van der Waals surface area (Å²) in [4.78, 5) is 23.0. The van der Waals surface area contributed by atoms with Crippen LogP contribution < -0.4 is 0 Å². The van der Waals surface area contributed by atoms with E-state index in [4.69, 9.17) is 9.47 Å². The molecular weight excluding hydrogens is 532 g/mol. The highest BCUT2D eigenvalue weighted by Crippen LogP contribution is 2.35. The molecule has 0 saturated heterocycles. The Balaban J connectivity index is 0.000000837. The van der Waals surface area contributed by atoms with Crippen molar-refractivity contribution in [3.63, 3.8) is 0 Å². The third kappa shape index (κ3) is 22.2. The average Bonchev–Trinajstić information content (AvgIpc) is 2.97. The molecule has 0 aliphatic rings. The second-order valence-electron chi connectivity index (χ2n) is 11.7. The van der Waals surface area contributed by atoms with Crippen LogP contribution in [0.4, 0.5) is 0 Å². The largest absolute Gasteiger partial charge is 0.504 e. The van der Waals surface area contributed by atoms with Crippen LogP contribution in [0.5, 0.6) is 17.2 Å². The highest BCUT2D eigenvalue weighted by atomic mass is 16.5. The lowest BCUT2D eigenvalue weighted by Crippen LogP contribution is -2.12. The van der Waals surface area contributed by atoms with Gasteiger partial charge < -0.3 is 24.8 Å². The molecule has 0 aliphatic heterocycles. The van der Waals surface area contributed by atoms with Gasteiger partial charge in [0, 0.05) is 0 Å². The zero-order valence-electron chi connectivity index (χ0n) is 27.3. The molecule has 7 nitrogen and oxygen atoms in total. The van der Waals surface area contributed by atoms with E-state index in [-0.39, 0.29) is 17.5 Å². The van der Waals surface area contributed by atoms with Crippen LogP contribution in [-0.4, -0.2) is 40.5 Å². The first-order valence-electron chi connectivity index (χ1n) is 16.8. The van der Waals surface area contributed by atoms with Crippen LogP contribution in [0.3, 0.4) is 0 Å². The van der Waals surface area contributed by atoms with Crippen LogP contribution in [-0.2, 0) is 14.3 Å². The van der Waals surface area contributed by atoms with Crippen molar-refractivity contribution in [1.29, 1.82) is 0 Å². The molecule has 0 unspecified atom stereocenters. The summed E-state index contributed by atoms with van der Waals surface area (Å²) in [6.45, 7) is 9.15. The number of carbonyl (C=O) groups excluding carboxylic acids is 2. The molecule has 0 radical (unpaired) electrons. The van der Waals surface area contributed by atoms with Gasteiger partial charge in [0.2, 0.25) is 0 Å². The Labute approximate surface area is 256 Å². The summed E-state index contributed by atoms with van der Waals surface area (Å²) in [7, 11) is 0. The van der Waals surface area contributed by atoms with Gasteiger partial charge in [-0.1, -0.05) is 143 Å². The molecule has 0 fully saturated rings. The fraction of sp³-hybridized carbons (Fsp3) is 0.771. The van der Waals surface area contributed by atoms with Crippen molar-refractivity contribution in [3.05, 3.63) is 17.7 Å². The second kappa shape index (κ2) is 27.4. The maximum Gasteiger partial charge on any atom is 0.338 e. The van der Waals surface area contributed by atoms with Gasteiger partial charge in [0.25, 0.3) is 0 Å². The number of rotatable bonds is 24. The van der Waals surface area contributed by atoms with Crippen LogP contribution in [0.15, 0.2) is 12.1 Å². The minimum absolute atomic E-state index is 0.00752. The van der Waals surface area contributed by atoms with E-state index in [9.17, 15) is 24.9 Å². The molecule has 0 aliphatic carbocycles. The Morgan fingerprint density at radius 1 is 0.571 bits per heavy atom. The number of benzene rings is 1. The van der Waals surface area contributed by atoms with Gasteiger partial charge in [0.05, 0.1) is 24.7 Å². The fourth-order valence-electron chi connectivity index (χ4n) is 4.49. The molecule has 0 heterocycles. The molecule has 42 heavy (non-hydrogen) atoms. The minimum Gasteiger partial charge on any atom is -0.504 e. The fourth-order valence-corrected chi connectivity index (χ4v) is 4.49. The Morgan fingerprint density at radius 3 is 1.26 bits per heavy atom. The Bertz CT molecular complexity index is 784. The highest BCUT2D eigenvalue weighted by molar-refractivity contribution is 5.91. The maximum absolute atomic E-state index is 11.8. The maximum atomic E-state index is 11.8. The first kappa shape index (κ1) is 39.6. The summed E-state index contributed by atoms with van der Waals surface area (Å²) < 4.78 is 10.2. The van der Waals surface area contributed by atoms with E-state index in [2.05, 4.69) is 13.8 Å². The highest BCUT2D eigenvalue weighted by Gasteiger charge is 2.14. The van der Waals surface area contributed by atoms with Gasteiger partial charge in [-0.05, 0) is 25.0 Å². The van der Waals surface area contributed by atoms with Gasteiger partial charge in [-0.2, -0.15) is 0 Å². The number of esters is 2. The third-order valence-electron chi connectivity index (χ3n) is 7.25. The van der Waals surface area contributed by atoms with Gasteiger partial charge in [0.1, 0.15) is 0 Å². The number of hydrogen-bond acceptors (Lipinski definition) is 7. The van der Waals surface area contributed by atoms with Crippen molar-refractivity contribution in [2.75, 3.05) is 13.2 Å². The van der Waals surface area contributed by atoms with Crippen molar-refractivity contribution in [2.24, 2.45) is 5.92 Å². The van der Waals surface area contributed by atoms with E-state index < -0.39 is 23.2 Å². The van der Waals surface area contributed by atoms with Crippen molar-refractivity contribution in [1.82, 2.24) is 0 Å². The van der Waals surface area contributed by atoms with E-state index in [1.165, 1.54) is 103 Å². The first-order valence-corrected chi connectivity index (χ1v) is 16.8. The number of hydrogen-bond donors (Lipinski definition) is 3. The van der Waals surface area contributed by atoms with E-state index in [0.29, 0.717) is 13.2 Å². The predicted octanol–water partition coefficient (Wildman–Crippen LogP) is 9.99. The minimum atomic E-state index is -0.638. The van der Waals surface area contributed by atoms with E-state index in [1.54, 1.807) is 0 Å². The van der Waals surface area contributed by atoms with Gasteiger partial charge in [-0.3, -0.25) is 4.79 Å². The summed E-state index contributed by atoms with van der Waals surface area (Å²) in [6.07, 6.45) is 25.2. The molecular formula is C35H62O7. The number of phenols is 3. The lowest BCUT2D eigenvalue weighted by Gasteiger charge is -2.07. The van der Waals surface area contributed by atoms with Gasteiger partial charge in [-0.25, -0.2) is 4.79 Å². The summed E-state index contributed by atoms with van der Waals surface area (Å²) in [6, 6.07) is 2.16. The molecule has 3 N–H and O–H groups in total. The molecule has 0 bridgehead atoms.